The molecule has 15 heavy (non-hydrogen) atoms. The fourth-order valence-electron chi connectivity index (χ4n) is 3.28. The Balaban J connectivity index is 1.98. The third-order valence-electron chi connectivity index (χ3n) is 4.27. The minimum absolute atomic E-state index is 0.818. The van der Waals surface area contributed by atoms with Gasteiger partial charge in [0.15, 0.2) is 0 Å². The van der Waals surface area contributed by atoms with Crippen molar-refractivity contribution < 1.29 is 0 Å². The first kappa shape index (κ1) is 11.4. The third-order valence-corrected chi connectivity index (χ3v) is 4.27. The second-order valence-corrected chi connectivity index (χ2v) is 5.47. The highest BCUT2D eigenvalue weighted by molar-refractivity contribution is 4.86. The van der Waals surface area contributed by atoms with Crippen LogP contribution in [0.5, 0.6) is 0 Å². The number of likely N-dealkylation sites (tertiary alicyclic amines) is 1. The van der Waals surface area contributed by atoms with E-state index in [4.69, 9.17) is 0 Å². The highest BCUT2D eigenvalue weighted by atomic mass is 15.2. The summed E-state index contributed by atoms with van der Waals surface area (Å²) in [5, 5.41) is 3.51. The van der Waals surface area contributed by atoms with Crippen molar-refractivity contribution in [3.05, 3.63) is 0 Å². The maximum absolute atomic E-state index is 3.51. The van der Waals surface area contributed by atoms with Gasteiger partial charge >= 0.3 is 0 Å². The molecule has 0 aromatic carbocycles. The van der Waals surface area contributed by atoms with E-state index in [0.717, 1.165) is 18.0 Å². The molecule has 0 aliphatic carbocycles. The van der Waals surface area contributed by atoms with Crippen molar-refractivity contribution in [3.63, 3.8) is 0 Å². The second-order valence-electron chi connectivity index (χ2n) is 5.47. The summed E-state index contributed by atoms with van der Waals surface area (Å²) < 4.78 is 0. The topological polar surface area (TPSA) is 15.3 Å². The van der Waals surface area contributed by atoms with Crippen molar-refractivity contribution in [3.8, 4) is 0 Å². The lowest BCUT2D eigenvalue weighted by atomic mass is 9.92. The van der Waals surface area contributed by atoms with Crippen molar-refractivity contribution in [2.75, 3.05) is 19.6 Å². The van der Waals surface area contributed by atoms with Crippen LogP contribution in [-0.4, -0.2) is 36.6 Å². The Bertz CT molecular complexity index is 193. The quantitative estimate of drug-likeness (QED) is 0.714. The molecule has 2 heteroatoms. The number of hydrogen-bond donors (Lipinski definition) is 1. The van der Waals surface area contributed by atoms with Gasteiger partial charge in [0.1, 0.15) is 0 Å². The number of piperidine rings is 1. The first-order chi connectivity index (χ1) is 7.29. The summed E-state index contributed by atoms with van der Waals surface area (Å²) in [5.74, 6) is 0.833. The fraction of sp³-hybridized carbons (Fsp3) is 1.00. The highest BCUT2D eigenvalue weighted by Gasteiger charge is 2.30. The lowest BCUT2D eigenvalue weighted by molar-refractivity contribution is 0.0853. The summed E-state index contributed by atoms with van der Waals surface area (Å²) in [7, 11) is 0. The van der Waals surface area contributed by atoms with Gasteiger partial charge in [-0.25, -0.2) is 0 Å². The van der Waals surface area contributed by atoms with Gasteiger partial charge in [0.05, 0.1) is 0 Å². The number of nitrogens with one attached hydrogen (secondary N) is 1. The normalized spacial score (nSPS) is 40.0. The summed E-state index contributed by atoms with van der Waals surface area (Å²) in [6.07, 6.45) is 7.07. The zero-order valence-corrected chi connectivity index (χ0v) is 10.3. The van der Waals surface area contributed by atoms with Crippen LogP contribution in [0, 0.1) is 5.92 Å². The molecule has 88 valence electrons. The van der Waals surface area contributed by atoms with Crippen LogP contribution < -0.4 is 5.32 Å². The molecule has 2 rings (SSSR count). The molecule has 0 spiro atoms. The van der Waals surface area contributed by atoms with Crippen LogP contribution in [-0.2, 0) is 0 Å². The predicted octanol–water partition coefficient (Wildman–Crippen LogP) is 2.25. The van der Waals surface area contributed by atoms with E-state index in [1.807, 2.05) is 0 Å². The molecular formula is C13H26N2. The molecule has 0 aromatic rings. The molecule has 0 amide bonds. The van der Waals surface area contributed by atoms with E-state index in [0.29, 0.717) is 0 Å². The van der Waals surface area contributed by atoms with E-state index < -0.39 is 0 Å². The lowest BCUT2D eigenvalue weighted by Crippen LogP contribution is -2.51. The van der Waals surface area contributed by atoms with Crippen molar-refractivity contribution in [1.29, 1.82) is 0 Å². The van der Waals surface area contributed by atoms with Gasteiger partial charge in [-0.1, -0.05) is 19.8 Å². The molecule has 1 N–H and O–H groups in total. The number of hydrogen-bond acceptors (Lipinski definition) is 2. The Morgan fingerprint density at radius 2 is 1.93 bits per heavy atom. The molecule has 2 heterocycles. The molecule has 2 fully saturated rings. The van der Waals surface area contributed by atoms with Crippen molar-refractivity contribution in [2.24, 2.45) is 5.92 Å². The summed E-state index contributed by atoms with van der Waals surface area (Å²) in [5.41, 5.74) is 0. The second kappa shape index (κ2) is 5.31. The van der Waals surface area contributed by atoms with E-state index in [1.54, 1.807) is 0 Å². The monoisotopic (exact) mass is 210 g/mol. The Kier molecular flexibility index (Phi) is 4.04. The van der Waals surface area contributed by atoms with E-state index >= 15 is 0 Å². The molecule has 0 radical (unpaired) electrons. The van der Waals surface area contributed by atoms with E-state index in [9.17, 15) is 0 Å². The smallest absolute Gasteiger partial charge is 0.0148 e. The van der Waals surface area contributed by atoms with Crippen LogP contribution >= 0.6 is 0 Å². The Morgan fingerprint density at radius 1 is 1.07 bits per heavy atom. The van der Waals surface area contributed by atoms with Gasteiger partial charge in [-0.3, -0.25) is 4.90 Å². The van der Waals surface area contributed by atoms with E-state index in [-0.39, 0.29) is 0 Å². The number of nitrogens with zero attached hydrogens (tertiary/aromatic N) is 1. The SMILES string of the molecule is CC1CNCCC1N1CCCCCC1C. The van der Waals surface area contributed by atoms with Gasteiger partial charge in [-0.05, 0) is 51.7 Å². The average Bonchev–Trinajstić information content (AvgIpc) is 2.44. The molecule has 0 bridgehead atoms. The summed E-state index contributed by atoms with van der Waals surface area (Å²) in [6, 6.07) is 1.66. The summed E-state index contributed by atoms with van der Waals surface area (Å²) in [6.45, 7) is 8.62. The zero-order chi connectivity index (χ0) is 10.7. The lowest BCUT2D eigenvalue weighted by Gasteiger charge is -2.41. The highest BCUT2D eigenvalue weighted by Crippen LogP contribution is 2.25. The van der Waals surface area contributed by atoms with Crippen LogP contribution in [0.25, 0.3) is 0 Å². The van der Waals surface area contributed by atoms with Gasteiger partial charge in [-0.15, -0.1) is 0 Å². The van der Waals surface area contributed by atoms with E-state index in [2.05, 4.69) is 24.1 Å². The molecule has 0 aromatic heterocycles. The van der Waals surface area contributed by atoms with Crippen LogP contribution in [0.15, 0.2) is 0 Å². The minimum Gasteiger partial charge on any atom is -0.316 e. The van der Waals surface area contributed by atoms with Crippen LogP contribution in [0.3, 0.4) is 0 Å². The van der Waals surface area contributed by atoms with Gasteiger partial charge < -0.3 is 5.32 Å². The van der Waals surface area contributed by atoms with Gasteiger partial charge in [0, 0.05) is 12.1 Å². The van der Waals surface area contributed by atoms with Crippen LogP contribution in [0.2, 0.25) is 0 Å². The summed E-state index contributed by atoms with van der Waals surface area (Å²) in [4.78, 5) is 2.80. The average molecular weight is 210 g/mol. The number of rotatable bonds is 1. The van der Waals surface area contributed by atoms with Crippen molar-refractivity contribution >= 4 is 0 Å². The summed E-state index contributed by atoms with van der Waals surface area (Å²) >= 11 is 0. The molecule has 2 nitrogen and oxygen atoms in total. The van der Waals surface area contributed by atoms with Gasteiger partial charge in [0.25, 0.3) is 0 Å². The van der Waals surface area contributed by atoms with Gasteiger partial charge in [0.2, 0.25) is 0 Å². The molecular weight excluding hydrogens is 184 g/mol. The van der Waals surface area contributed by atoms with Crippen molar-refractivity contribution in [1.82, 2.24) is 10.2 Å². The minimum atomic E-state index is 0.818. The Labute approximate surface area is 94.4 Å². The molecule has 3 unspecified atom stereocenters. The molecule has 2 saturated heterocycles. The molecule has 0 saturated carbocycles. The van der Waals surface area contributed by atoms with Crippen molar-refractivity contribution in [2.45, 2.75) is 58.0 Å². The zero-order valence-electron chi connectivity index (χ0n) is 10.3. The Morgan fingerprint density at radius 3 is 2.73 bits per heavy atom. The van der Waals surface area contributed by atoms with E-state index in [1.165, 1.54) is 51.7 Å². The third kappa shape index (κ3) is 2.73. The predicted molar refractivity (Wildman–Crippen MR) is 65.1 cm³/mol. The maximum atomic E-state index is 3.51. The Hall–Kier alpha value is -0.0800. The van der Waals surface area contributed by atoms with Crippen LogP contribution in [0.1, 0.15) is 46.0 Å². The molecule has 2 aliphatic heterocycles. The fourth-order valence-corrected chi connectivity index (χ4v) is 3.28. The largest absolute Gasteiger partial charge is 0.316 e. The molecule has 2 aliphatic rings. The van der Waals surface area contributed by atoms with Crippen LogP contribution in [0.4, 0.5) is 0 Å². The standard InChI is InChI=1S/C13H26N2/c1-11-10-14-8-7-13(11)15-9-5-3-4-6-12(15)2/h11-14H,3-10H2,1-2H3. The maximum Gasteiger partial charge on any atom is 0.0148 e. The first-order valence-corrected chi connectivity index (χ1v) is 6.75. The molecule has 3 atom stereocenters. The first-order valence-electron chi connectivity index (χ1n) is 6.75. The van der Waals surface area contributed by atoms with Gasteiger partial charge in [-0.2, -0.15) is 0 Å².